The molecule has 0 atom stereocenters. The molecule has 0 aliphatic heterocycles. The summed E-state index contributed by atoms with van der Waals surface area (Å²) < 4.78 is 11.2. The minimum Gasteiger partial charge on any atom is -0.451 e. The molecular formula is C15H16N2O2. The van der Waals surface area contributed by atoms with E-state index in [2.05, 4.69) is 30.2 Å². The molecule has 0 unspecified atom stereocenters. The zero-order valence-electron chi connectivity index (χ0n) is 11.1. The van der Waals surface area contributed by atoms with Crippen LogP contribution in [0.1, 0.15) is 18.2 Å². The molecule has 1 aromatic carbocycles. The first-order valence-electron chi connectivity index (χ1n) is 6.42. The van der Waals surface area contributed by atoms with Crippen molar-refractivity contribution >= 4 is 11.0 Å². The maximum atomic E-state index is 5.75. The molecule has 2 aromatic heterocycles. The molecular weight excluding hydrogens is 240 g/mol. The highest BCUT2D eigenvalue weighted by Gasteiger charge is 2.12. The molecule has 3 rings (SSSR count). The van der Waals surface area contributed by atoms with Crippen molar-refractivity contribution in [2.75, 3.05) is 6.54 Å². The molecule has 2 heterocycles. The van der Waals surface area contributed by atoms with Crippen LogP contribution >= 0.6 is 0 Å². The molecule has 0 saturated heterocycles. The Bertz CT molecular complexity index is 697. The Morgan fingerprint density at radius 2 is 2.16 bits per heavy atom. The number of aryl methyl sites for hydroxylation is 1. The topological polar surface area (TPSA) is 51.2 Å². The summed E-state index contributed by atoms with van der Waals surface area (Å²) in [6, 6.07) is 8.05. The zero-order valence-corrected chi connectivity index (χ0v) is 11.1. The molecule has 0 bridgehead atoms. The monoisotopic (exact) mass is 256 g/mol. The lowest BCUT2D eigenvalue weighted by Crippen LogP contribution is -2.11. The predicted molar refractivity (Wildman–Crippen MR) is 73.8 cm³/mol. The number of aromatic nitrogens is 1. The summed E-state index contributed by atoms with van der Waals surface area (Å²) in [6.45, 7) is 5.74. The number of fused-ring (bicyclic) bond motifs is 1. The molecule has 4 heteroatoms. The van der Waals surface area contributed by atoms with Crippen LogP contribution in [0.15, 0.2) is 39.4 Å². The van der Waals surface area contributed by atoms with Crippen molar-refractivity contribution in [3.05, 3.63) is 41.8 Å². The number of rotatable bonds is 4. The second kappa shape index (κ2) is 4.90. The lowest BCUT2D eigenvalue weighted by atomic mass is 10.2. The van der Waals surface area contributed by atoms with Crippen LogP contribution in [-0.4, -0.2) is 11.5 Å². The van der Waals surface area contributed by atoms with Gasteiger partial charge in [0.05, 0.1) is 5.69 Å². The summed E-state index contributed by atoms with van der Waals surface area (Å²) in [7, 11) is 0. The zero-order chi connectivity index (χ0) is 13.2. The normalized spacial score (nSPS) is 11.3. The molecule has 0 aliphatic carbocycles. The van der Waals surface area contributed by atoms with Crippen LogP contribution < -0.4 is 5.32 Å². The van der Waals surface area contributed by atoms with Crippen molar-refractivity contribution in [1.82, 2.24) is 10.3 Å². The van der Waals surface area contributed by atoms with Gasteiger partial charge in [-0.15, -0.1) is 0 Å². The summed E-state index contributed by atoms with van der Waals surface area (Å²) >= 11 is 0. The van der Waals surface area contributed by atoms with Crippen LogP contribution in [0, 0.1) is 6.92 Å². The van der Waals surface area contributed by atoms with E-state index < -0.39 is 0 Å². The molecule has 0 amide bonds. The summed E-state index contributed by atoms with van der Waals surface area (Å²) in [5, 5.41) is 4.28. The van der Waals surface area contributed by atoms with Gasteiger partial charge in [0, 0.05) is 11.9 Å². The van der Waals surface area contributed by atoms with E-state index in [1.54, 1.807) is 6.26 Å². The number of hydrogen-bond acceptors (Lipinski definition) is 4. The fraction of sp³-hybridized carbons (Fsp3) is 0.267. The van der Waals surface area contributed by atoms with E-state index in [4.69, 9.17) is 8.83 Å². The van der Waals surface area contributed by atoms with Gasteiger partial charge >= 0.3 is 0 Å². The summed E-state index contributed by atoms with van der Waals surface area (Å²) in [6.07, 6.45) is 1.66. The standard InChI is InChI=1S/C15H16N2O2/c1-3-16-8-12-9-18-15(17-12)14-7-11-6-10(2)4-5-13(11)19-14/h4-7,9,16H,3,8H2,1-2H3. The van der Waals surface area contributed by atoms with Crippen LogP contribution in [0.4, 0.5) is 0 Å². The minimum atomic E-state index is 0.529. The smallest absolute Gasteiger partial charge is 0.263 e. The second-order valence-corrected chi connectivity index (χ2v) is 4.58. The first-order valence-corrected chi connectivity index (χ1v) is 6.42. The van der Waals surface area contributed by atoms with E-state index in [0.29, 0.717) is 18.2 Å². The molecule has 0 spiro atoms. The van der Waals surface area contributed by atoms with Gasteiger partial charge in [-0.05, 0) is 31.7 Å². The maximum absolute atomic E-state index is 5.75. The fourth-order valence-corrected chi connectivity index (χ4v) is 2.02. The molecule has 98 valence electrons. The minimum absolute atomic E-state index is 0.529. The number of oxazole rings is 1. The maximum Gasteiger partial charge on any atom is 0.263 e. The Kier molecular flexibility index (Phi) is 3.09. The number of furan rings is 1. The number of benzene rings is 1. The molecule has 1 N–H and O–H groups in total. The molecule has 0 fully saturated rings. The first kappa shape index (κ1) is 12.0. The third-order valence-electron chi connectivity index (χ3n) is 2.99. The molecule has 3 aromatic rings. The van der Waals surface area contributed by atoms with Crippen LogP contribution in [0.3, 0.4) is 0 Å². The largest absolute Gasteiger partial charge is 0.451 e. The lowest BCUT2D eigenvalue weighted by Gasteiger charge is -1.93. The average molecular weight is 256 g/mol. The summed E-state index contributed by atoms with van der Waals surface area (Å²) in [5.74, 6) is 1.20. The van der Waals surface area contributed by atoms with E-state index >= 15 is 0 Å². The summed E-state index contributed by atoms with van der Waals surface area (Å²) in [5.41, 5.74) is 2.95. The van der Waals surface area contributed by atoms with E-state index in [1.165, 1.54) is 5.56 Å². The van der Waals surface area contributed by atoms with Crippen molar-refractivity contribution in [1.29, 1.82) is 0 Å². The Labute approximate surface area is 111 Å². The van der Waals surface area contributed by atoms with Gasteiger partial charge in [0.1, 0.15) is 11.8 Å². The van der Waals surface area contributed by atoms with Crippen LogP contribution in [0.5, 0.6) is 0 Å². The second-order valence-electron chi connectivity index (χ2n) is 4.58. The van der Waals surface area contributed by atoms with E-state index in [-0.39, 0.29) is 0 Å². The molecule has 0 saturated carbocycles. The Morgan fingerprint density at radius 3 is 3.00 bits per heavy atom. The summed E-state index contributed by atoms with van der Waals surface area (Å²) in [4.78, 5) is 4.41. The van der Waals surface area contributed by atoms with Crippen molar-refractivity contribution in [2.45, 2.75) is 20.4 Å². The molecule has 4 nitrogen and oxygen atoms in total. The van der Waals surface area contributed by atoms with Gasteiger partial charge in [0.2, 0.25) is 0 Å². The van der Waals surface area contributed by atoms with Gasteiger partial charge in [0.25, 0.3) is 5.89 Å². The first-order chi connectivity index (χ1) is 9.26. The van der Waals surface area contributed by atoms with Gasteiger partial charge in [-0.1, -0.05) is 18.6 Å². The van der Waals surface area contributed by atoms with Gasteiger partial charge in [-0.25, -0.2) is 4.98 Å². The third-order valence-corrected chi connectivity index (χ3v) is 2.99. The third kappa shape index (κ3) is 2.39. The highest BCUT2D eigenvalue weighted by atomic mass is 16.4. The van der Waals surface area contributed by atoms with Crippen molar-refractivity contribution in [3.63, 3.8) is 0 Å². The highest BCUT2D eigenvalue weighted by Crippen LogP contribution is 2.27. The average Bonchev–Trinajstić information content (AvgIpc) is 3.01. The van der Waals surface area contributed by atoms with Gasteiger partial charge in [0.15, 0.2) is 5.76 Å². The van der Waals surface area contributed by atoms with Crippen LogP contribution in [-0.2, 0) is 6.54 Å². The van der Waals surface area contributed by atoms with E-state index in [0.717, 1.165) is 23.2 Å². The van der Waals surface area contributed by atoms with Crippen LogP contribution in [0.2, 0.25) is 0 Å². The van der Waals surface area contributed by atoms with E-state index in [9.17, 15) is 0 Å². The fourth-order valence-electron chi connectivity index (χ4n) is 2.02. The Hall–Kier alpha value is -2.07. The van der Waals surface area contributed by atoms with Crippen molar-refractivity contribution in [2.24, 2.45) is 0 Å². The predicted octanol–water partition coefficient (Wildman–Crippen LogP) is 3.51. The number of nitrogens with one attached hydrogen (secondary N) is 1. The highest BCUT2D eigenvalue weighted by molar-refractivity contribution is 5.82. The SMILES string of the molecule is CCNCc1coc(-c2cc3cc(C)ccc3o2)n1. The van der Waals surface area contributed by atoms with E-state index in [1.807, 2.05) is 18.2 Å². The lowest BCUT2D eigenvalue weighted by molar-refractivity contribution is 0.533. The molecule has 0 radical (unpaired) electrons. The van der Waals surface area contributed by atoms with Crippen LogP contribution in [0.25, 0.3) is 22.6 Å². The van der Waals surface area contributed by atoms with Crippen molar-refractivity contribution in [3.8, 4) is 11.7 Å². The van der Waals surface area contributed by atoms with Gasteiger partial charge in [-0.2, -0.15) is 0 Å². The molecule has 0 aliphatic rings. The number of nitrogens with zero attached hydrogens (tertiary/aromatic N) is 1. The number of hydrogen-bond donors (Lipinski definition) is 1. The van der Waals surface area contributed by atoms with Gasteiger partial charge in [-0.3, -0.25) is 0 Å². The Balaban J connectivity index is 1.92. The quantitative estimate of drug-likeness (QED) is 0.776. The Morgan fingerprint density at radius 1 is 1.26 bits per heavy atom. The van der Waals surface area contributed by atoms with Crippen molar-refractivity contribution < 1.29 is 8.83 Å². The molecule has 19 heavy (non-hydrogen) atoms. The van der Waals surface area contributed by atoms with Gasteiger partial charge < -0.3 is 14.2 Å².